The van der Waals surface area contributed by atoms with Gasteiger partial charge in [0.2, 0.25) is 5.91 Å². The first-order chi connectivity index (χ1) is 10.7. The van der Waals surface area contributed by atoms with Crippen molar-refractivity contribution in [2.24, 2.45) is 0 Å². The summed E-state index contributed by atoms with van der Waals surface area (Å²) in [6.07, 6.45) is 1.21. The number of nitrogens with one attached hydrogen (secondary N) is 2. The normalized spacial score (nSPS) is 11.1. The number of benzene rings is 1. The highest BCUT2D eigenvalue weighted by atomic mass is 16.5. The minimum absolute atomic E-state index is 0.0664. The van der Waals surface area contributed by atoms with Crippen LogP contribution in [0.25, 0.3) is 0 Å². The molecule has 0 saturated carbocycles. The number of amides is 2. The molecule has 0 heterocycles. The summed E-state index contributed by atoms with van der Waals surface area (Å²) in [6, 6.07) is 11.0. The third-order valence-corrected chi connectivity index (χ3v) is 3.04. The molecule has 0 radical (unpaired) electrons. The number of hydrogen-bond acceptors (Lipinski definition) is 4. The summed E-state index contributed by atoms with van der Waals surface area (Å²) < 4.78 is 5.00. The predicted octanol–water partition coefficient (Wildman–Crippen LogP) is 1.94. The molecule has 1 unspecified atom stereocenters. The van der Waals surface area contributed by atoms with E-state index in [9.17, 15) is 9.59 Å². The van der Waals surface area contributed by atoms with Crippen LogP contribution in [0.3, 0.4) is 0 Å². The van der Waals surface area contributed by atoms with E-state index in [2.05, 4.69) is 10.6 Å². The number of alkyl carbamates (subject to hydrolysis) is 1. The Labute approximate surface area is 130 Å². The van der Waals surface area contributed by atoms with Gasteiger partial charge < -0.3 is 15.4 Å². The maximum absolute atomic E-state index is 12.1. The summed E-state index contributed by atoms with van der Waals surface area (Å²) in [5.74, 6) is -0.866. The van der Waals surface area contributed by atoms with Gasteiger partial charge in [0.05, 0.1) is 18.6 Å². The van der Waals surface area contributed by atoms with Crippen molar-refractivity contribution in [3.63, 3.8) is 0 Å². The number of carbonyl (C=O) groups is 2. The van der Waals surface area contributed by atoms with Gasteiger partial charge in [-0.2, -0.15) is 5.26 Å². The molecular weight excluding hydrogens is 282 g/mol. The van der Waals surface area contributed by atoms with Crippen LogP contribution >= 0.6 is 0 Å². The van der Waals surface area contributed by atoms with Crippen LogP contribution in [0.1, 0.15) is 31.2 Å². The Hall–Kier alpha value is -2.55. The van der Waals surface area contributed by atoms with E-state index in [1.54, 1.807) is 12.1 Å². The van der Waals surface area contributed by atoms with E-state index >= 15 is 0 Å². The maximum Gasteiger partial charge on any atom is 0.407 e. The Kier molecular flexibility index (Phi) is 8.13. The Morgan fingerprint density at radius 2 is 2.00 bits per heavy atom. The molecule has 1 atom stereocenters. The number of unbranched alkanes of at least 4 members (excludes halogenated alkanes) is 1. The van der Waals surface area contributed by atoms with Crippen molar-refractivity contribution >= 4 is 12.0 Å². The van der Waals surface area contributed by atoms with Crippen molar-refractivity contribution in [1.82, 2.24) is 10.6 Å². The molecule has 0 fully saturated rings. The van der Waals surface area contributed by atoms with E-state index in [1.165, 1.54) is 0 Å². The quantitative estimate of drug-likeness (QED) is 0.567. The molecule has 0 bridgehead atoms. The number of ether oxygens (including phenoxy) is 1. The van der Waals surface area contributed by atoms with Crippen molar-refractivity contribution in [3.05, 3.63) is 35.9 Å². The fraction of sp³-hybridized carbons (Fsp3) is 0.438. The van der Waals surface area contributed by atoms with Crippen molar-refractivity contribution in [2.45, 2.75) is 25.7 Å². The molecule has 0 aliphatic heterocycles. The lowest BCUT2D eigenvalue weighted by Crippen LogP contribution is -2.37. The van der Waals surface area contributed by atoms with Crippen LogP contribution in [0.15, 0.2) is 30.3 Å². The van der Waals surface area contributed by atoms with Crippen molar-refractivity contribution in [2.75, 3.05) is 19.7 Å². The number of hydrogen-bond donors (Lipinski definition) is 2. The van der Waals surface area contributed by atoms with Gasteiger partial charge in [0.1, 0.15) is 6.54 Å². The Morgan fingerprint density at radius 3 is 2.64 bits per heavy atom. The minimum atomic E-state index is -0.562. The van der Waals surface area contributed by atoms with E-state index in [0.29, 0.717) is 6.61 Å². The van der Waals surface area contributed by atoms with Gasteiger partial charge >= 0.3 is 6.09 Å². The molecule has 118 valence electrons. The highest BCUT2D eigenvalue weighted by molar-refractivity contribution is 5.84. The molecule has 6 nitrogen and oxygen atoms in total. The van der Waals surface area contributed by atoms with Gasteiger partial charge in [0.25, 0.3) is 0 Å². The summed E-state index contributed by atoms with van der Waals surface area (Å²) in [5, 5.41) is 13.7. The average molecular weight is 303 g/mol. The molecule has 6 heteroatoms. The average Bonchev–Trinajstić information content (AvgIpc) is 2.54. The number of nitrogens with zero attached hydrogens (tertiary/aromatic N) is 1. The molecule has 2 amide bonds. The molecule has 1 aromatic rings. The first-order valence-electron chi connectivity index (χ1n) is 7.29. The van der Waals surface area contributed by atoms with Crippen LogP contribution in [-0.4, -0.2) is 31.7 Å². The van der Waals surface area contributed by atoms with E-state index in [-0.39, 0.29) is 19.0 Å². The summed E-state index contributed by atoms with van der Waals surface area (Å²) in [7, 11) is 0. The van der Waals surface area contributed by atoms with Crippen molar-refractivity contribution in [1.29, 1.82) is 5.26 Å². The summed E-state index contributed by atoms with van der Waals surface area (Å²) in [5.41, 5.74) is 0.770. The molecule has 0 aromatic heterocycles. The Balaban J connectivity index is 2.61. The summed E-state index contributed by atoms with van der Waals surface area (Å²) >= 11 is 0. The second-order valence-corrected chi connectivity index (χ2v) is 4.71. The molecule has 0 spiro atoms. The van der Waals surface area contributed by atoms with Crippen molar-refractivity contribution < 1.29 is 14.3 Å². The van der Waals surface area contributed by atoms with Gasteiger partial charge in [-0.1, -0.05) is 43.7 Å². The van der Waals surface area contributed by atoms with Crippen LogP contribution in [0.2, 0.25) is 0 Å². The topological polar surface area (TPSA) is 91.2 Å². The van der Waals surface area contributed by atoms with E-state index in [0.717, 1.165) is 18.4 Å². The fourth-order valence-electron chi connectivity index (χ4n) is 1.84. The fourth-order valence-corrected chi connectivity index (χ4v) is 1.84. The van der Waals surface area contributed by atoms with Crippen LogP contribution < -0.4 is 10.6 Å². The third-order valence-electron chi connectivity index (χ3n) is 3.04. The molecule has 22 heavy (non-hydrogen) atoms. The molecule has 0 aliphatic carbocycles. The molecule has 2 N–H and O–H groups in total. The summed E-state index contributed by atoms with van der Waals surface area (Å²) in [6.45, 7) is 2.42. The minimum Gasteiger partial charge on any atom is -0.450 e. The molecule has 1 rings (SSSR count). The SMILES string of the molecule is CCCCOC(=O)NCC(C(=O)NCC#N)c1ccccc1. The van der Waals surface area contributed by atoms with Crippen LogP contribution in [0, 0.1) is 11.3 Å². The Bertz CT molecular complexity index is 511. The molecule has 0 saturated heterocycles. The van der Waals surface area contributed by atoms with E-state index in [1.807, 2.05) is 31.2 Å². The molecule has 1 aromatic carbocycles. The molecular formula is C16H21N3O3. The second kappa shape index (κ2) is 10.2. The van der Waals surface area contributed by atoms with E-state index < -0.39 is 12.0 Å². The van der Waals surface area contributed by atoms with Gasteiger partial charge in [-0.15, -0.1) is 0 Å². The maximum atomic E-state index is 12.1. The summed E-state index contributed by atoms with van der Waals surface area (Å²) in [4.78, 5) is 23.7. The molecule has 0 aliphatic rings. The second-order valence-electron chi connectivity index (χ2n) is 4.71. The Morgan fingerprint density at radius 1 is 1.27 bits per heavy atom. The van der Waals surface area contributed by atoms with Crippen LogP contribution in [-0.2, 0) is 9.53 Å². The highest BCUT2D eigenvalue weighted by Crippen LogP contribution is 2.14. The van der Waals surface area contributed by atoms with Gasteiger partial charge in [-0.3, -0.25) is 4.79 Å². The first kappa shape index (κ1) is 17.5. The smallest absolute Gasteiger partial charge is 0.407 e. The number of rotatable bonds is 8. The first-order valence-corrected chi connectivity index (χ1v) is 7.29. The lowest BCUT2D eigenvalue weighted by molar-refractivity contribution is -0.122. The van der Waals surface area contributed by atoms with Gasteiger partial charge in [0, 0.05) is 6.54 Å². The van der Waals surface area contributed by atoms with Gasteiger partial charge in [-0.05, 0) is 12.0 Å². The third kappa shape index (κ3) is 6.27. The number of carbonyl (C=O) groups excluding carboxylic acids is 2. The zero-order chi connectivity index (χ0) is 16.2. The standard InChI is InChI=1S/C16H21N3O3/c1-2-3-11-22-16(21)19-12-14(15(20)18-10-9-17)13-7-5-4-6-8-13/h4-8,14H,2-3,10-12H2,1H3,(H,18,20)(H,19,21). The van der Waals surface area contributed by atoms with Crippen LogP contribution in [0.4, 0.5) is 4.79 Å². The van der Waals surface area contributed by atoms with Crippen molar-refractivity contribution in [3.8, 4) is 6.07 Å². The predicted molar refractivity (Wildman–Crippen MR) is 82.1 cm³/mol. The zero-order valence-electron chi connectivity index (χ0n) is 12.7. The lowest BCUT2D eigenvalue weighted by atomic mass is 9.98. The zero-order valence-corrected chi connectivity index (χ0v) is 12.7. The lowest BCUT2D eigenvalue weighted by Gasteiger charge is -2.17. The van der Waals surface area contributed by atoms with E-state index in [4.69, 9.17) is 10.00 Å². The highest BCUT2D eigenvalue weighted by Gasteiger charge is 2.21. The largest absolute Gasteiger partial charge is 0.450 e. The number of nitriles is 1. The van der Waals surface area contributed by atoms with Gasteiger partial charge in [0.15, 0.2) is 0 Å². The van der Waals surface area contributed by atoms with Crippen LogP contribution in [0.5, 0.6) is 0 Å². The monoisotopic (exact) mass is 303 g/mol. The van der Waals surface area contributed by atoms with Gasteiger partial charge in [-0.25, -0.2) is 4.79 Å².